The maximum Gasteiger partial charge on any atom is 0.375 e. The third-order valence-corrected chi connectivity index (χ3v) is 10.8. The molecule has 0 amide bonds. The molecule has 1 aromatic heterocycles. The second kappa shape index (κ2) is 23.3. The molecule has 0 aliphatic heterocycles. The third-order valence-electron chi connectivity index (χ3n) is 9.69. The predicted octanol–water partition coefficient (Wildman–Crippen LogP) is 10.9. The van der Waals surface area contributed by atoms with Crippen molar-refractivity contribution < 1.29 is 37.4 Å². The Bertz CT molecular complexity index is 2510. The quantitative estimate of drug-likeness (QED) is 0.0308. The molecular formula is C46H43Cl4F2N5O6. The zero-order valence-corrected chi connectivity index (χ0v) is 37.2. The number of ketones is 2. The second-order valence-corrected chi connectivity index (χ2v) is 15.7. The van der Waals surface area contributed by atoms with Gasteiger partial charge < -0.3 is 14.9 Å². The first-order valence-corrected chi connectivity index (χ1v) is 21.3. The molecule has 5 aromatic rings. The van der Waals surface area contributed by atoms with Gasteiger partial charge in [0.15, 0.2) is 11.5 Å². The molecule has 0 saturated heterocycles. The molecule has 1 atom stereocenters. The summed E-state index contributed by atoms with van der Waals surface area (Å²) in [5.74, 6) is 0.881. The predicted molar refractivity (Wildman–Crippen MR) is 243 cm³/mol. The van der Waals surface area contributed by atoms with Gasteiger partial charge in [0.1, 0.15) is 11.6 Å². The van der Waals surface area contributed by atoms with Gasteiger partial charge in [-0.15, -0.1) is 0 Å². The van der Waals surface area contributed by atoms with Crippen LogP contribution in [0.2, 0.25) is 20.1 Å². The number of esters is 2. The van der Waals surface area contributed by atoms with Crippen molar-refractivity contribution in [1.82, 2.24) is 15.3 Å². The number of carbonyl (C=O) groups is 4. The van der Waals surface area contributed by atoms with Crippen LogP contribution in [0.15, 0.2) is 90.5 Å². The van der Waals surface area contributed by atoms with Crippen LogP contribution in [0.1, 0.15) is 78.8 Å². The molecule has 1 fully saturated rings. The molecule has 7 rings (SSSR count). The summed E-state index contributed by atoms with van der Waals surface area (Å²) in [6.07, 6.45) is 7.56. The van der Waals surface area contributed by atoms with Gasteiger partial charge in [-0.25, -0.2) is 23.1 Å². The van der Waals surface area contributed by atoms with E-state index in [4.69, 9.17) is 57.0 Å². The van der Waals surface area contributed by atoms with Crippen molar-refractivity contribution in [3.8, 4) is 5.69 Å². The lowest BCUT2D eigenvalue weighted by Gasteiger charge is -2.21. The van der Waals surface area contributed by atoms with Crippen molar-refractivity contribution in [1.29, 1.82) is 0 Å². The summed E-state index contributed by atoms with van der Waals surface area (Å²) < 4.78 is 37.8. The lowest BCUT2D eigenvalue weighted by molar-refractivity contribution is -0.156. The van der Waals surface area contributed by atoms with Gasteiger partial charge in [-0.05, 0) is 147 Å². The fourth-order valence-electron chi connectivity index (χ4n) is 6.82. The Hall–Kier alpha value is -5.41. The van der Waals surface area contributed by atoms with E-state index in [1.54, 1.807) is 85.3 Å². The number of aromatic nitrogens is 2. The van der Waals surface area contributed by atoms with Crippen LogP contribution in [0, 0.1) is 17.6 Å². The highest BCUT2D eigenvalue weighted by Crippen LogP contribution is 2.38. The summed E-state index contributed by atoms with van der Waals surface area (Å²) in [6.45, 7) is 3.73. The highest BCUT2D eigenvalue weighted by molar-refractivity contribution is 6.40. The average Bonchev–Trinajstić information content (AvgIpc) is 3.65. The van der Waals surface area contributed by atoms with Crippen LogP contribution in [-0.2, 0) is 30.3 Å². The smallest absolute Gasteiger partial charge is 0.375 e. The van der Waals surface area contributed by atoms with Gasteiger partial charge in [-0.1, -0.05) is 70.7 Å². The molecule has 4 aromatic carbocycles. The number of fused-ring (bicyclic) bond motifs is 1. The maximum atomic E-state index is 13.3. The Morgan fingerprint density at radius 2 is 1.35 bits per heavy atom. The molecule has 330 valence electrons. The first-order valence-electron chi connectivity index (χ1n) is 19.8. The maximum absolute atomic E-state index is 13.3. The molecule has 0 spiro atoms. The zero-order valence-electron chi connectivity index (χ0n) is 34.2. The minimum absolute atomic E-state index is 0.101. The largest absolute Gasteiger partial charge is 0.461 e. The Kier molecular flexibility index (Phi) is 18.0. The highest BCUT2D eigenvalue weighted by atomic mass is 35.5. The number of hydrogen-bond donors (Lipinski definition) is 3. The van der Waals surface area contributed by atoms with Crippen molar-refractivity contribution in [2.24, 2.45) is 11.8 Å². The average molecular weight is 942 g/mol. The number of hydrazine groups is 2. The second-order valence-electron chi connectivity index (χ2n) is 14.0. The molecule has 4 N–H and O–H groups in total. The Labute approximate surface area is 383 Å². The minimum Gasteiger partial charge on any atom is -0.461 e. The molecule has 0 bridgehead atoms. The molecule has 17 heteroatoms. The molecule has 1 saturated carbocycles. The van der Waals surface area contributed by atoms with E-state index in [0.717, 1.165) is 35.2 Å². The standard InChI is InChI=1S/C23H19Cl2FN2O2.C17H17FO4.C6H7Cl2N3/c1-2-30-23(29)21-18-5-3-4-15(12-14-6-9-17(26)10-7-14)22(18)28(27-21)20-11-8-16(24)13-19(20)25;1-2-22-17(21)16(20)14-5-3-4-12(15(14)19)10-11-6-8-13(18)9-7-11;7-4-1-2-6(10-11-9)5(8)3-4/h6-13H,2-5H2,1H3;6-10,14H,2-5H2,1H3;1-3,10-11H,9H2/b15-12+;12-10+;. The molecule has 1 heterocycles. The zero-order chi connectivity index (χ0) is 45.6. The van der Waals surface area contributed by atoms with Crippen molar-refractivity contribution in [3.63, 3.8) is 0 Å². The topological polar surface area (TPSA) is 155 Å². The van der Waals surface area contributed by atoms with Crippen LogP contribution in [0.4, 0.5) is 14.5 Å². The van der Waals surface area contributed by atoms with Crippen molar-refractivity contribution in [2.75, 3.05) is 18.6 Å². The molecule has 63 heavy (non-hydrogen) atoms. The SMILES string of the molecule is CCOC(=O)C(=O)C1CCC/C(=C\c2ccc(F)cc2)C1=O.CCOC(=O)c1nn(-c2ccc(Cl)cc2Cl)c2c1CCC/C2=C\c1ccc(F)cc1.NNNc1ccc(Cl)cc1Cl. The van der Waals surface area contributed by atoms with Gasteiger partial charge >= 0.3 is 11.9 Å². The first kappa shape index (κ1) is 48.6. The van der Waals surface area contributed by atoms with Gasteiger partial charge in [0.2, 0.25) is 0 Å². The van der Waals surface area contributed by atoms with Gasteiger partial charge in [-0.3, -0.25) is 15.4 Å². The van der Waals surface area contributed by atoms with Crippen molar-refractivity contribution >= 4 is 93.3 Å². The number of carbonyl (C=O) groups excluding carboxylic acids is 4. The molecule has 1 unspecified atom stereocenters. The number of nitrogens with zero attached hydrogens (tertiary/aromatic N) is 2. The summed E-state index contributed by atoms with van der Waals surface area (Å²) in [5, 5.41) is 6.65. The number of ether oxygens (including phenoxy) is 2. The third kappa shape index (κ3) is 13.1. The van der Waals surface area contributed by atoms with Crippen molar-refractivity contribution in [2.45, 2.75) is 52.4 Å². The van der Waals surface area contributed by atoms with Gasteiger partial charge in [-0.2, -0.15) is 10.6 Å². The van der Waals surface area contributed by atoms with E-state index in [1.807, 2.05) is 6.08 Å². The van der Waals surface area contributed by atoms with Crippen LogP contribution in [-0.4, -0.2) is 46.5 Å². The monoisotopic (exact) mass is 939 g/mol. The molecule has 2 aliphatic carbocycles. The molecule has 2 aliphatic rings. The summed E-state index contributed by atoms with van der Waals surface area (Å²) in [7, 11) is 0. The summed E-state index contributed by atoms with van der Waals surface area (Å²) in [5.41, 5.74) is 11.2. The van der Waals surface area contributed by atoms with Gasteiger partial charge in [0.05, 0.1) is 46.2 Å². The van der Waals surface area contributed by atoms with E-state index in [2.05, 4.69) is 20.8 Å². The van der Waals surface area contributed by atoms with Crippen LogP contribution >= 0.6 is 46.4 Å². The Balaban J connectivity index is 0.000000198. The van der Waals surface area contributed by atoms with E-state index in [0.29, 0.717) is 74.0 Å². The van der Waals surface area contributed by atoms with E-state index in [1.165, 1.54) is 24.3 Å². The number of hydrogen-bond acceptors (Lipinski definition) is 10. The molecular weight excluding hydrogens is 898 g/mol. The van der Waals surface area contributed by atoms with Crippen LogP contribution in [0.25, 0.3) is 23.4 Å². The van der Waals surface area contributed by atoms with E-state index in [9.17, 15) is 28.0 Å². The van der Waals surface area contributed by atoms with E-state index in [-0.39, 0.29) is 30.6 Å². The summed E-state index contributed by atoms with van der Waals surface area (Å²) in [6, 6.07) is 22.2. The fraction of sp³-hybridized carbons (Fsp3) is 0.239. The lowest BCUT2D eigenvalue weighted by atomic mass is 9.81. The molecule has 0 radical (unpaired) electrons. The van der Waals surface area contributed by atoms with Crippen LogP contribution in [0.3, 0.4) is 0 Å². The molecule has 11 nitrogen and oxygen atoms in total. The number of allylic oxidation sites excluding steroid dienone is 2. The number of rotatable bonds is 10. The van der Waals surface area contributed by atoms with Crippen LogP contribution in [0.5, 0.6) is 0 Å². The fourth-order valence-corrected chi connectivity index (χ4v) is 7.77. The number of Topliss-reactive ketones (excluding diaryl/α,β-unsaturated/α-hetero) is 2. The normalized spacial score (nSPS) is 15.6. The Morgan fingerprint density at radius 1 is 0.778 bits per heavy atom. The van der Waals surface area contributed by atoms with Gasteiger partial charge in [0, 0.05) is 15.6 Å². The number of nitrogens with two attached hydrogens (primary N) is 1. The van der Waals surface area contributed by atoms with Crippen LogP contribution < -0.4 is 16.8 Å². The summed E-state index contributed by atoms with van der Waals surface area (Å²) >= 11 is 23.9. The van der Waals surface area contributed by atoms with E-state index < -0.39 is 23.6 Å². The number of benzene rings is 4. The first-order chi connectivity index (χ1) is 30.2. The number of anilines is 1. The van der Waals surface area contributed by atoms with Gasteiger partial charge in [0.25, 0.3) is 5.78 Å². The lowest BCUT2D eigenvalue weighted by Crippen LogP contribution is -2.34. The minimum atomic E-state index is -0.959. The van der Waals surface area contributed by atoms with Crippen molar-refractivity contribution in [3.05, 3.63) is 150 Å². The van der Waals surface area contributed by atoms with E-state index >= 15 is 0 Å². The highest BCUT2D eigenvalue weighted by Gasteiger charge is 2.36. The number of nitrogens with one attached hydrogen (secondary N) is 2. The Morgan fingerprint density at radius 3 is 1.92 bits per heavy atom. The summed E-state index contributed by atoms with van der Waals surface area (Å²) in [4.78, 5) is 48.4. The number of halogens is 6.